The van der Waals surface area contributed by atoms with E-state index in [1.807, 2.05) is 37.4 Å². The molecule has 1 aromatic carbocycles. The Bertz CT molecular complexity index is 579. The monoisotopic (exact) mass is 459 g/mol. The fourth-order valence-electron chi connectivity index (χ4n) is 4.02. The van der Waals surface area contributed by atoms with Crippen molar-refractivity contribution in [3.63, 3.8) is 0 Å². The topological polar surface area (TPSA) is 46.1 Å². The number of nitrogens with zero attached hydrogens (tertiary/aromatic N) is 2. The van der Waals surface area contributed by atoms with Crippen molar-refractivity contribution in [2.45, 2.75) is 32.4 Å². The Morgan fingerprint density at radius 2 is 2.08 bits per heavy atom. The lowest BCUT2D eigenvalue weighted by Gasteiger charge is -2.55. The molecular formula is C19H30IN3O2. The first-order valence-electron chi connectivity index (χ1n) is 8.78. The van der Waals surface area contributed by atoms with E-state index in [9.17, 15) is 0 Å². The molecule has 0 aromatic heterocycles. The van der Waals surface area contributed by atoms with Crippen molar-refractivity contribution >= 4 is 29.9 Å². The molecule has 1 aliphatic heterocycles. The van der Waals surface area contributed by atoms with Gasteiger partial charge in [0.1, 0.15) is 12.4 Å². The summed E-state index contributed by atoms with van der Waals surface area (Å²) in [5.74, 6) is 2.43. The van der Waals surface area contributed by atoms with Crippen molar-refractivity contribution in [1.82, 2.24) is 10.2 Å². The van der Waals surface area contributed by atoms with Gasteiger partial charge in [-0.15, -0.1) is 24.0 Å². The molecule has 6 heteroatoms. The molecule has 2 fully saturated rings. The average Bonchev–Trinajstić information content (AvgIpc) is 3.03. The predicted octanol–water partition coefficient (Wildman–Crippen LogP) is 3.00. The van der Waals surface area contributed by atoms with Crippen LogP contribution >= 0.6 is 24.0 Å². The summed E-state index contributed by atoms with van der Waals surface area (Å²) in [7, 11) is 3.89. The van der Waals surface area contributed by atoms with E-state index in [-0.39, 0.29) is 29.4 Å². The largest absolute Gasteiger partial charge is 0.492 e. The van der Waals surface area contributed by atoms with Gasteiger partial charge in [0.2, 0.25) is 0 Å². The fraction of sp³-hybridized carbons (Fsp3) is 0.632. The van der Waals surface area contributed by atoms with E-state index in [1.165, 1.54) is 0 Å². The molecule has 25 heavy (non-hydrogen) atoms. The molecule has 0 spiro atoms. The van der Waals surface area contributed by atoms with E-state index in [4.69, 9.17) is 9.47 Å². The number of aliphatic imine (C=N–C) groups is 1. The van der Waals surface area contributed by atoms with E-state index in [2.05, 4.69) is 36.1 Å². The van der Waals surface area contributed by atoms with E-state index >= 15 is 0 Å². The van der Waals surface area contributed by atoms with Crippen molar-refractivity contribution in [3.05, 3.63) is 30.3 Å². The first kappa shape index (κ1) is 20.3. The quantitative estimate of drug-likeness (QED) is 0.418. The van der Waals surface area contributed by atoms with Gasteiger partial charge >= 0.3 is 0 Å². The number of ether oxygens (including phenoxy) is 2. The Morgan fingerprint density at radius 3 is 2.76 bits per heavy atom. The van der Waals surface area contributed by atoms with Crippen molar-refractivity contribution in [3.8, 4) is 5.75 Å². The highest BCUT2D eigenvalue weighted by Gasteiger charge is 2.59. The zero-order valence-electron chi connectivity index (χ0n) is 15.6. The lowest BCUT2D eigenvalue weighted by Crippen LogP contribution is -2.68. The summed E-state index contributed by atoms with van der Waals surface area (Å²) in [6.07, 6.45) is 1.53. The summed E-state index contributed by atoms with van der Waals surface area (Å²) in [4.78, 5) is 6.58. The highest BCUT2D eigenvalue weighted by molar-refractivity contribution is 14.0. The van der Waals surface area contributed by atoms with Crippen molar-refractivity contribution in [2.75, 3.05) is 33.9 Å². The normalized spacial score (nSPS) is 26.9. The second-order valence-corrected chi connectivity index (χ2v) is 7.32. The van der Waals surface area contributed by atoms with Crippen LogP contribution < -0.4 is 10.1 Å². The Labute approximate surface area is 168 Å². The molecule has 3 unspecified atom stereocenters. The van der Waals surface area contributed by atoms with Crippen LogP contribution in [-0.2, 0) is 4.74 Å². The van der Waals surface area contributed by atoms with Crippen LogP contribution in [0.3, 0.4) is 0 Å². The number of nitrogens with one attached hydrogen (secondary N) is 1. The van der Waals surface area contributed by atoms with E-state index in [0.717, 1.165) is 31.3 Å². The molecule has 3 atom stereocenters. The first-order chi connectivity index (χ1) is 11.5. The van der Waals surface area contributed by atoms with Gasteiger partial charge in [-0.1, -0.05) is 32.0 Å². The Balaban J connectivity index is 0.00000225. The molecule has 2 aliphatic rings. The number of likely N-dealkylation sites (N-methyl/N-ethyl adjacent to an activating group) is 1. The molecule has 0 amide bonds. The molecule has 1 saturated carbocycles. The molecule has 3 rings (SSSR count). The maximum atomic E-state index is 5.87. The summed E-state index contributed by atoms with van der Waals surface area (Å²) in [6.45, 7) is 6.86. The number of hydrogen-bond acceptors (Lipinski definition) is 3. The van der Waals surface area contributed by atoms with Gasteiger partial charge < -0.3 is 19.7 Å². The van der Waals surface area contributed by atoms with E-state index in [1.54, 1.807) is 0 Å². The maximum Gasteiger partial charge on any atom is 0.193 e. The summed E-state index contributed by atoms with van der Waals surface area (Å²) < 4.78 is 11.7. The molecule has 0 bridgehead atoms. The van der Waals surface area contributed by atoms with Crippen LogP contribution in [0, 0.1) is 11.3 Å². The molecule has 1 aromatic rings. The summed E-state index contributed by atoms with van der Waals surface area (Å²) in [5, 5.41) is 3.65. The Hall–Kier alpha value is -1.02. The van der Waals surface area contributed by atoms with Crippen LogP contribution in [0.5, 0.6) is 5.75 Å². The number of fused-ring (bicyclic) bond motifs is 1. The van der Waals surface area contributed by atoms with Gasteiger partial charge in [-0.05, 0) is 18.6 Å². The molecule has 1 saturated heterocycles. The van der Waals surface area contributed by atoms with Crippen molar-refractivity contribution in [2.24, 2.45) is 16.3 Å². The molecule has 1 aliphatic carbocycles. The van der Waals surface area contributed by atoms with Gasteiger partial charge in [0, 0.05) is 38.1 Å². The second kappa shape index (κ2) is 8.58. The number of halogens is 1. The van der Waals surface area contributed by atoms with Crippen LogP contribution in [0.4, 0.5) is 0 Å². The summed E-state index contributed by atoms with van der Waals surface area (Å²) >= 11 is 0. The third kappa shape index (κ3) is 4.22. The number of para-hydroxylation sites is 1. The highest BCUT2D eigenvalue weighted by atomic mass is 127. The number of benzene rings is 1. The van der Waals surface area contributed by atoms with Gasteiger partial charge in [0.15, 0.2) is 5.96 Å². The molecule has 140 valence electrons. The van der Waals surface area contributed by atoms with E-state index < -0.39 is 0 Å². The molecule has 0 radical (unpaired) electrons. The third-order valence-electron chi connectivity index (χ3n) is 5.40. The number of guanidine groups is 1. The van der Waals surface area contributed by atoms with Gasteiger partial charge in [-0.3, -0.25) is 4.99 Å². The fourth-order valence-corrected chi connectivity index (χ4v) is 4.02. The van der Waals surface area contributed by atoms with Crippen LogP contribution in [0.2, 0.25) is 0 Å². The Kier molecular flexibility index (Phi) is 6.96. The smallest absolute Gasteiger partial charge is 0.193 e. The average molecular weight is 459 g/mol. The van der Waals surface area contributed by atoms with Gasteiger partial charge in [-0.2, -0.15) is 0 Å². The minimum absolute atomic E-state index is 0. The van der Waals surface area contributed by atoms with Gasteiger partial charge in [-0.25, -0.2) is 0 Å². The lowest BCUT2D eigenvalue weighted by molar-refractivity contribution is -0.107. The van der Waals surface area contributed by atoms with Crippen LogP contribution in [0.25, 0.3) is 0 Å². The number of hydrogen-bond donors (Lipinski definition) is 1. The maximum absolute atomic E-state index is 5.87. The van der Waals surface area contributed by atoms with Crippen LogP contribution in [-0.4, -0.2) is 56.9 Å². The zero-order chi connectivity index (χ0) is 17.2. The SMILES string of the molecule is CN=C(NC1C2CCOC2C1(C)C)N(C)CCOc1ccccc1.I. The van der Waals surface area contributed by atoms with Crippen molar-refractivity contribution < 1.29 is 9.47 Å². The van der Waals surface area contributed by atoms with Gasteiger partial charge in [0.05, 0.1) is 12.6 Å². The molecular weight excluding hydrogens is 429 g/mol. The summed E-state index contributed by atoms with van der Waals surface area (Å²) in [6, 6.07) is 10.3. The molecule has 5 nitrogen and oxygen atoms in total. The van der Waals surface area contributed by atoms with Crippen LogP contribution in [0.1, 0.15) is 20.3 Å². The van der Waals surface area contributed by atoms with Crippen molar-refractivity contribution in [1.29, 1.82) is 0 Å². The van der Waals surface area contributed by atoms with E-state index in [0.29, 0.717) is 24.7 Å². The second-order valence-electron chi connectivity index (χ2n) is 7.32. The lowest BCUT2D eigenvalue weighted by atomic mass is 9.57. The number of rotatable bonds is 5. The van der Waals surface area contributed by atoms with Crippen LogP contribution in [0.15, 0.2) is 35.3 Å². The minimum atomic E-state index is 0. The predicted molar refractivity (Wildman–Crippen MR) is 112 cm³/mol. The summed E-state index contributed by atoms with van der Waals surface area (Å²) in [5.41, 5.74) is 0.151. The first-order valence-corrected chi connectivity index (χ1v) is 8.78. The zero-order valence-corrected chi connectivity index (χ0v) is 17.9. The molecule has 1 heterocycles. The standard InChI is InChI=1S/C19H29N3O2.HI/c1-19(2)16(15-10-12-24-17(15)19)21-18(20-3)22(4)11-13-23-14-8-6-5-7-9-14;/h5-9,15-17H,10-13H2,1-4H3,(H,20,21);1H. The third-order valence-corrected chi connectivity index (χ3v) is 5.40. The molecule has 1 N–H and O–H groups in total. The highest BCUT2D eigenvalue weighted by Crippen LogP contribution is 2.52. The Morgan fingerprint density at radius 1 is 1.36 bits per heavy atom. The van der Waals surface area contributed by atoms with Gasteiger partial charge in [0.25, 0.3) is 0 Å². The minimum Gasteiger partial charge on any atom is -0.492 e.